The highest BCUT2D eigenvalue weighted by atomic mass is 32.2. The van der Waals surface area contributed by atoms with Crippen molar-refractivity contribution < 1.29 is 23.4 Å². The van der Waals surface area contributed by atoms with Crippen LogP contribution in [0.3, 0.4) is 0 Å². The van der Waals surface area contributed by atoms with Crippen molar-refractivity contribution in [2.75, 3.05) is 11.5 Å². The molecule has 0 saturated carbocycles. The number of fused-ring (bicyclic) bond motifs is 8. The van der Waals surface area contributed by atoms with Crippen LogP contribution in [0.15, 0.2) is 67.0 Å². The molecule has 0 spiro atoms. The maximum atomic E-state index is 15.5. The Hall–Kier alpha value is -4.11. The van der Waals surface area contributed by atoms with Crippen LogP contribution >= 0.6 is 11.8 Å². The average Bonchev–Trinajstić information content (AvgIpc) is 3.71. The van der Waals surface area contributed by atoms with E-state index >= 15 is 8.78 Å². The van der Waals surface area contributed by atoms with Crippen molar-refractivity contribution in [3.63, 3.8) is 0 Å². The first-order valence-corrected chi connectivity index (χ1v) is 16.6. The molecule has 45 heavy (non-hydrogen) atoms. The highest BCUT2D eigenvalue weighted by Gasteiger charge is 2.32. The molecule has 3 aromatic carbocycles. The molecule has 234 valence electrons. The van der Waals surface area contributed by atoms with E-state index in [4.69, 9.17) is 4.74 Å². The van der Waals surface area contributed by atoms with Gasteiger partial charge in [0.25, 0.3) is 0 Å². The molecule has 0 aliphatic carbocycles. The van der Waals surface area contributed by atoms with Gasteiger partial charge in [-0.15, -0.1) is 0 Å². The van der Waals surface area contributed by atoms with Gasteiger partial charge in [0.1, 0.15) is 17.4 Å². The summed E-state index contributed by atoms with van der Waals surface area (Å²) in [7, 11) is 0. The van der Waals surface area contributed by atoms with Crippen LogP contribution < -0.4 is 4.74 Å². The lowest BCUT2D eigenvalue weighted by Gasteiger charge is -2.31. The summed E-state index contributed by atoms with van der Waals surface area (Å²) < 4.78 is 37.0. The van der Waals surface area contributed by atoms with Crippen molar-refractivity contribution >= 4 is 28.6 Å². The molecule has 0 saturated heterocycles. The SMILES string of the molecule is CC1CCSCCc2c(c(F)cc3[nH]ccc23)Oc2ccc(F)c(c2)-c2ncc([nH]2)C(C)(c2cccc(CCC(=O)O)c2)CC1. The summed E-state index contributed by atoms with van der Waals surface area (Å²) in [6, 6.07) is 15.8. The van der Waals surface area contributed by atoms with Gasteiger partial charge in [0.15, 0.2) is 11.6 Å². The fraction of sp³-hybridized carbons (Fsp3) is 0.333. The lowest BCUT2D eigenvalue weighted by Crippen LogP contribution is -2.25. The zero-order chi connectivity index (χ0) is 31.6. The van der Waals surface area contributed by atoms with Gasteiger partial charge < -0.3 is 19.8 Å². The summed E-state index contributed by atoms with van der Waals surface area (Å²) in [5.41, 5.74) is 4.11. The lowest BCUT2D eigenvalue weighted by atomic mass is 9.74. The number of carboxylic acids is 1. The van der Waals surface area contributed by atoms with E-state index in [-0.39, 0.29) is 17.7 Å². The van der Waals surface area contributed by atoms with Gasteiger partial charge in [-0.25, -0.2) is 13.8 Å². The Labute approximate surface area is 265 Å². The molecule has 3 N–H and O–H groups in total. The average molecular weight is 630 g/mol. The molecule has 1 aliphatic heterocycles. The molecule has 5 aromatic rings. The number of aliphatic carboxylic acids is 1. The zero-order valence-electron chi connectivity index (χ0n) is 25.5. The molecule has 9 heteroatoms. The Balaban J connectivity index is 1.42. The quantitative estimate of drug-likeness (QED) is 0.185. The summed E-state index contributed by atoms with van der Waals surface area (Å²) in [5, 5.41) is 10.1. The number of benzene rings is 3. The number of aromatic amines is 2. The van der Waals surface area contributed by atoms with Crippen molar-refractivity contribution in [1.82, 2.24) is 15.0 Å². The van der Waals surface area contributed by atoms with Crippen LogP contribution in [-0.2, 0) is 23.1 Å². The number of H-pyrrole nitrogens is 2. The molecular weight excluding hydrogens is 592 g/mol. The van der Waals surface area contributed by atoms with Crippen molar-refractivity contribution in [3.8, 4) is 22.9 Å². The van der Waals surface area contributed by atoms with Crippen LogP contribution in [0.5, 0.6) is 11.5 Å². The third kappa shape index (κ3) is 6.64. The number of carbonyl (C=O) groups is 1. The number of imidazole rings is 1. The number of hydrogen-bond acceptors (Lipinski definition) is 4. The van der Waals surface area contributed by atoms with Crippen LogP contribution in [0, 0.1) is 17.6 Å². The van der Waals surface area contributed by atoms with Crippen molar-refractivity contribution in [1.29, 1.82) is 0 Å². The van der Waals surface area contributed by atoms with Crippen LogP contribution in [0.2, 0.25) is 0 Å². The Kier molecular flexibility index (Phi) is 8.99. The predicted molar refractivity (Wildman–Crippen MR) is 175 cm³/mol. The fourth-order valence-corrected chi connectivity index (χ4v) is 7.31. The number of aryl methyl sites for hydroxylation is 2. The first-order chi connectivity index (χ1) is 21.7. The minimum Gasteiger partial charge on any atom is -0.481 e. The van der Waals surface area contributed by atoms with Crippen LogP contribution in [-0.4, -0.2) is 37.5 Å². The molecule has 2 atom stereocenters. The minimum absolute atomic E-state index is 0.0607. The lowest BCUT2D eigenvalue weighted by molar-refractivity contribution is -0.136. The van der Waals surface area contributed by atoms with Crippen molar-refractivity contribution in [2.24, 2.45) is 5.92 Å². The number of hydrogen-bond donors (Lipinski definition) is 3. The molecule has 6 rings (SSSR count). The molecule has 3 heterocycles. The summed E-state index contributed by atoms with van der Waals surface area (Å²) >= 11 is 1.85. The molecule has 2 unspecified atom stereocenters. The predicted octanol–water partition coefficient (Wildman–Crippen LogP) is 9.05. The monoisotopic (exact) mass is 629 g/mol. The molecule has 6 nitrogen and oxygen atoms in total. The van der Waals surface area contributed by atoms with Gasteiger partial charge in [0, 0.05) is 52.5 Å². The second kappa shape index (κ2) is 13.1. The van der Waals surface area contributed by atoms with E-state index in [1.807, 2.05) is 30.0 Å². The van der Waals surface area contributed by atoms with Crippen molar-refractivity contribution in [2.45, 2.75) is 57.8 Å². The van der Waals surface area contributed by atoms with Crippen molar-refractivity contribution in [3.05, 3.63) is 101 Å². The standard InChI is InChI=1S/C36H37F2N3O3S/c1-22-10-14-36(2,24-5-3-4-23(18-24)6-9-33(42)43)32-21-40-35(41-32)28-19-25(7-8-29(28)37)44-34-27(13-17-45-16-12-22)26-11-15-39-31(26)20-30(34)38/h3-5,7-8,11,15,18-22,39H,6,9-10,12-14,16-17H2,1-2H3,(H,40,41)(H,42,43). The van der Waals surface area contributed by atoms with Gasteiger partial charge in [-0.2, -0.15) is 11.8 Å². The van der Waals surface area contributed by atoms with Gasteiger partial charge in [-0.3, -0.25) is 4.79 Å². The smallest absolute Gasteiger partial charge is 0.303 e. The van der Waals surface area contributed by atoms with E-state index in [1.54, 1.807) is 18.5 Å². The zero-order valence-corrected chi connectivity index (χ0v) is 26.3. The summed E-state index contributed by atoms with van der Waals surface area (Å²) in [5.74, 6) is 1.31. The van der Waals surface area contributed by atoms with E-state index < -0.39 is 23.0 Å². The van der Waals surface area contributed by atoms with Gasteiger partial charge in [-0.05, 0) is 91.8 Å². The molecule has 4 bridgehead atoms. The Morgan fingerprint density at radius 3 is 2.82 bits per heavy atom. The third-order valence-corrected chi connectivity index (χ3v) is 10.0. The Bertz CT molecular complexity index is 1830. The Morgan fingerprint density at radius 2 is 1.98 bits per heavy atom. The molecule has 2 aromatic heterocycles. The fourth-order valence-electron chi connectivity index (χ4n) is 6.18. The maximum absolute atomic E-state index is 15.5. The number of nitrogens with one attached hydrogen (secondary N) is 2. The van der Waals surface area contributed by atoms with Gasteiger partial charge >= 0.3 is 5.97 Å². The second-order valence-corrected chi connectivity index (χ2v) is 13.4. The minimum atomic E-state index is -0.829. The summed E-state index contributed by atoms with van der Waals surface area (Å²) in [6.07, 6.45) is 7.52. The molecule has 1 aliphatic rings. The number of carboxylic acid groups (broad SMARTS) is 1. The summed E-state index contributed by atoms with van der Waals surface area (Å²) in [4.78, 5) is 22.4. The topological polar surface area (TPSA) is 91.0 Å². The Morgan fingerprint density at radius 1 is 1.11 bits per heavy atom. The van der Waals surface area contributed by atoms with Crippen LogP contribution in [0.4, 0.5) is 8.78 Å². The second-order valence-electron chi connectivity index (χ2n) is 12.2. The van der Waals surface area contributed by atoms with Crippen LogP contribution in [0.1, 0.15) is 61.9 Å². The largest absolute Gasteiger partial charge is 0.481 e. The molecular formula is C36H37F2N3O3S. The molecule has 0 amide bonds. The summed E-state index contributed by atoms with van der Waals surface area (Å²) in [6.45, 7) is 4.43. The maximum Gasteiger partial charge on any atom is 0.303 e. The molecule has 0 radical (unpaired) electrons. The first-order valence-electron chi connectivity index (χ1n) is 15.4. The van der Waals surface area contributed by atoms with E-state index in [9.17, 15) is 9.90 Å². The number of ether oxygens (including phenoxy) is 1. The van der Waals surface area contributed by atoms with Gasteiger partial charge in [0.05, 0.1) is 5.56 Å². The number of thioether (sulfide) groups is 1. The first kappa shape index (κ1) is 30.9. The van der Waals surface area contributed by atoms with E-state index in [1.165, 1.54) is 18.2 Å². The number of aromatic nitrogens is 3. The van der Waals surface area contributed by atoms with E-state index in [2.05, 4.69) is 40.9 Å². The van der Waals surface area contributed by atoms with Crippen LogP contribution in [0.25, 0.3) is 22.3 Å². The van der Waals surface area contributed by atoms with Gasteiger partial charge in [-0.1, -0.05) is 31.2 Å². The highest BCUT2D eigenvalue weighted by Crippen LogP contribution is 2.40. The van der Waals surface area contributed by atoms with E-state index in [0.29, 0.717) is 35.9 Å². The number of rotatable bonds is 4. The highest BCUT2D eigenvalue weighted by molar-refractivity contribution is 7.99. The number of nitrogens with zero attached hydrogens (tertiary/aromatic N) is 1. The van der Waals surface area contributed by atoms with Gasteiger partial charge in [0.2, 0.25) is 0 Å². The third-order valence-electron chi connectivity index (χ3n) is 9.03. The normalized spacial score (nSPS) is 19.3. The molecule has 0 fully saturated rings. The van der Waals surface area contributed by atoms with E-state index in [0.717, 1.165) is 58.5 Å². The number of halogens is 2.